The summed E-state index contributed by atoms with van der Waals surface area (Å²) in [5.41, 5.74) is 7.99. The molecule has 0 spiro atoms. The quantitative estimate of drug-likeness (QED) is 0.844. The average molecular weight is 286 g/mol. The number of ether oxygens (including phenoxy) is 1. The third kappa shape index (κ3) is 3.62. The molecular formula is C16H22N4O. The van der Waals surface area contributed by atoms with Crippen LogP contribution < -0.4 is 5.73 Å². The number of nitrogens with zero attached hydrogens (tertiary/aromatic N) is 3. The number of rotatable bonds is 5. The Balaban J connectivity index is 1.62. The molecule has 1 aliphatic rings. The largest absolute Gasteiger partial charge is 0.398 e. The molecule has 3 rings (SSSR count). The molecule has 0 bridgehead atoms. The van der Waals surface area contributed by atoms with Gasteiger partial charge in [0.25, 0.3) is 0 Å². The van der Waals surface area contributed by atoms with E-state index in [9.17, 15) is 0 Å². The Labute approximate surface area is 125 Å². The van der Waals surface area contributed by atoms with E-state index in [4.69, 9.17) is 10.5 Å². The van der Waals surface area contributed by atoms with Gasteiger partial charge in [-0.3, -0.25) is 4.90 Å². The first-order valence-electron chi connectivity index (χ1n) is 7.46. The van der Waals surface area contributed by atoms with Gasteiger partial charge in [0.15, 0.2) is 0 Å². The molecule has 0 unspecified atom stereocenters. The summed E-state index contributed by atoms with van der Waals surface area (Å²) in [6, 6.07) is 7.99. The van der Waals surface area contributed by atoms with E-state index < -0.39 is 0 Å². The molecule has 21 heavy (non-hydrogen) atoms. The van der Waals surface area contributed by atoms with Crippen molar-refractivity contribution in [3.05, 3.63) is 48.0 Å². The second-order valence-electron chi connectivity index (χ2n) is 5.37. The van der Waals surface area contributed by atoms with Crippen LogP contribution >= 0.6 is 0 Å². The van der Waals surface area contributed by atoms with E-state index in [2.05, 4.69) is 26.7 Å². The minimum atomic E-state index is 0.781. The maximum Gasteiger partial charge on any atom is 0.113 e. The van der Waals surface area contributed by atoms with Gasteiger partial charge in [-0.1, -0.05) is 18.2 Å². The van der Waals surface area contributed by atoms with Gasteiger partial charge in [0.05, 0.1) is 13.2 Å². The molecule has 5 heteroatoms. The summed E-state index contributed by atoms with van der Waals surface area (Å²) in [4.78, 5) is 6.92. The molecular weight excluding hydrogens is 264 g/mol. The van der Waals surface area contributed by atoms with Gasteiger partial charge in [0.2, 0.25) is 0 Å². The molecule has 2 aromatic rings. The first-order chi connectivity index (χ1) is 10.3. The summed E-state index contributed by atoms with van der Waals surface area (Å²) >= 11 is 0. The van der Waals surface area contributed by atoms with Crippen LogP contribution in [0, 0.1) is 0 Å². The van der Waals surface area contributed by atoms with Crippen molar-refractivity contribution in [2.75, 3.05) is 38.6 Å². The van der Waals surface area contributed by atoms with Crippen LogP contribution in [0.2, 0.25) is 0 Å². The second-order valence-corrected chi connectivity index (χ2v) is 5.37. The highest BCUT2D eigenvalue weighted by Crippen LogP contribution is 2.15. The summed E-state index contributed by atoms with van der Waals surface area (Å²) in [7, 11) is 0. The maximum atomic E-state index is 6.02. The monoisotopic (exact) mass is 286 g/mol. The highest BCUT2D eigenvalue weighted by atomic mass is 16.5. The number of morpholine rings is 1. The lowest BCUT2D eigenvalue weighted by Crippen LogP contribution is -2.38. The summed E-state index contributed by atoms with van der Waals surface area (Å²) in [5.74, 6) is 1.07. The third-order valence-electron chi connectivity index (χ3n) is 3.97. The van der Waals surface area contributed by atoms with Gasteiger partial charge in [-0.25, -0.2) is 4.98 Å². The van der Waals surface area contributed by atoms with Crippen LogP contribution in [0.15, 0.2) is 36.7 Å². The van der Waals surface area contributed by atoms with Crippen molar-refractivity contribution >= 4 is 5.69 Å². The molecule has 0 atom stereocenters. The van der Waals surface area contributed by atoms with Crippen molar-refractivity contribution in [3.63, 3.8) is 0 Å². The van der Waals surface area contributed by atoms with Gasteiger partial charge >= 0.3 is 0 Å². The Morgan fingerprint density at radius 1 is 1.14 bits per heavy atom. The van der Waals surface area contributed by atoms with Gasteiger partial charge in [-0.15, -0.1) is 0 Å². The molecule has 2 heterocycles. The first kappa shape index (κ1) is 14.1. The molecule has 1 aromatic heterocycles. The van der Waals surface area contributed by atoms with Gasteiger partial charge in [0.1, 0.15) is 5.82 Å². The van der Waals surface area contributed by atoms with Crippen LogP contribution in [0.3, 0.4) is 0 Å². The normalized spacial score (nSPS) is 16.2. The summed E-state index contributed by atoms with van der Waals surface area (Å²) in [5, 5.41) is 0. The minimum Gasteiger partial charge on any atom is -0.398 e. The highest BCUT2D eigenvalue weighted by molar-refractivity contribution is 5.47. The number of aromatic nitrogens is 2. The zero-order valence-corrected chi connectivity index (χ0v) is 12.2. The zero-order chi connectivity index (χ0) is 14.5. The van der Waals surface area contributed by atoms with E-state index in [0.717, 1.165) is 62.9 Å². The molecule has 1 saturated heterocycles. The van der Waals surface area contributed by atoms with Gasteiger partial charge in [-0.2, -0.15) is 0 Å². The molecule has 2 N–H and O–H groups in total. The number of anilines is 1. The van der Waals surface area contributed by atoms with Crippen LogP contribution in [-0.4, -0.2) is 47.3 Å². The van der Waals surface area contributed by atoms with Crippen molar-refractivity contribution in [3.8, 4) is 0 Å². The Hall–Kier alpha value is -1.85. The molecule has 0 aliphatic carbocycles. The number of nitrogen functional groups attached to an aromatic ring is 1. The molecule has 1 fully saturated rings. The van der Waals surface area contributed by atoms with E-state index >= 15 is 0 Å². The van der Waals surface area contributed by atoms with Crippen molar-refractivity contribution in [1.82, 2.24) is 14.5 Å². The van der Waals surface area contributed by atoms with E-state index in [1.54, 1.807) is 0 Å². The van der Waals surface area contributed by atoms with E-state index in [0.29, 0.717) is 0 Å². The topological polar surface area (TPSA) is 56.3 Å². The zero-order valence-electron chi connectivity index (χ0n) is 12.2. The van der Waals surface area contributed by atoms with Crippen LogP contribution in [0.1, 0.15) is 11.4 Å². The van der Waals surface area contributed by atoms with Crippen LogP contribution in [0.5, 0.6) is 0 Å². The lowest BCUT2D eigenvalue weighted by molar-refractivity contribution is 0.0363. The summed E-state index contributed by atoms with van der Waals surface area (Å²) in [6.45, 7) is 5.74. The molecule has 0 saturated carbocycles. The molecule has 1 aromatic carbocycles. The number of nitrogens with two attached hydrogens (primary N) is 1. The Morgan fingerprint density at radius 2 is 1.95 bits per heavy atom. The van der Waals surface area contributed by atoms with Crippen LogP contribution in [0.25, 0.3) is 0 Å². The van der Waals surface area contributed by atoms with E-state index in [1.165, 1.54) is 0 Å². The van der Waals surface area contributed by atoms with E-state index in [1.807, 2.05) is 24.4 Å². The van der Waals surface area contributed by atoms with Crippen LogP contribution in [0.4, 0.5) is 5.69 Å². The van der Waals surface area contributed by atoms with Crippen molar-refractivity contribution in [2.24, 2.45) is 0 Å². The predicted octanol–water partition coefficient (Wildman–Crippen LogP) is 1.39. The number of benzene rings is 1. The fraction of sp³-hybridized carbons (Fsp3) is 0.438. The highest BCUT2D eigenvalue weighted by Gasteiger charge is 2.11. The third-order valence-corrected chi connectivity index (χ3v) is 3.97. The Morgan fingerprint density at radius 3 is 2.76 bits per heavy atom. The lowest BCUT2D eigenvalue weighted by atomic mass is 10.1. The predicted molar refractivity (Wildman–Crippen MR) is 83.1 cm³/mol. The average Bonchev–Trinajstić information content (AvgIpc) is 2.96. The fourth-order valence-electron chi connectivity index (χ4n) is 2.65. The van der Waals surface area contributed by atoms with Gasteiger partial charge in [0, 0.05) is 50.7 Å². The second kappa shape index (κ2) is 6.74. The summed E-state index contributed by atoms with van der Waals surface area (Å²) in [6.07, 6.45) is 4.70. The number of para-hydroxylation sites is 1. The Kier molecular flexibility index (Phi) is 4.52. The number of hydrogen-bond donors (Lipinski definition) is 1. The van der Waals surface area contributed by atoms with E-state index in [-0.39, 0.29) is 0 Å². The molecule has 5 nitrogen and oxygen atoms in total. The molecule has 1 aliphatic heterocycles. The first-order valence-corrected chi connectivity index (χ1v) is 7.46. The minimum absolute atomic E-state index is 0.781. The molecule has 0 radical (unpaired) electrons. The maximum absolute atomic E-state index is 6.02. The molecule has 112 valence electrons. The smallest absolute Gasteiger partial charge is 0.113 e. The molecule has 0 amide bonds. The number of imidazole rings is 1. The van der Waals surface area contributed by atoms with Gasteiger partial charge in [-0.05, 0) is 11.6 Å². The van der Waals surface area contributed by atoms with Crippen LogP contribution in [-0.2, 0) is 17.7 Å². The fourth-order valence-corrected chi connectivity index (χ4v) is 2.65. The Bertz CT molecular complexity index is 575. The van der Waals surface area contributed by atoms with Gasteiger partial charge < -0.3 is 15.0 Å². The van der Waals surface area contributed by atoms with Crippen molar-refractivity contribution < 1.29 is 4.74 Å². The standard InChI is InChI=1S/C16H22N4O/c17-15-4-2-1-3-14(15)13-16-18-5-6-20(16)8-7-19-9-11-21-12-10-19/h1-6H,7-13,17H2. The lowest BCUT2D eigenvalue weighted by Gasteiger charge is -2.26. The summed E-state index contributed by atoms with van der Waals surface area (Å²) < 4.78 is 7.60. The SMILES string of the molecule is Nc1ccccc1Cc1nccn1CCN1CCOCC1. The van der Waals surface area contributed by atoms with Crippen molar-refractivity contribution in [1.29, 1.82) is 0 Å². The van der Waals surface area contributed by atoms with Crippen molar-refractivity contribution in [2.45, 2.75) is 13.0 Å². The number of hydrogen-bond acceptors (Lipinski definition) is 4.